The van der Waals surface area contributed by atoms with E-state index in [1.807, 2.05) is 0 Å². The molecule has 0 saturated heterocycles. The lowest BCUT2D eigenvalue weighted by Gasteiger charge is -2.12. The van der Waals surface area contributed by atoms with Crippen LogP contribution in [0.3, 0.4) is 0 Å². The Kier molecular flexibility index (Phi) is 6.04. The van der Waals surface area contributed by atoms with Crippen molar-refractivity contribution >= 4 is 17.5 Å². The number of nitrogens with zero attached hydrogens (tertiary/aromatic N) is 3. The van der Waals surface area contributed by atoms with Gasteiger partial charge in [0.25, 0.3) is 5.91 Å². The molecule has 158 valence electrons. The summed E-state index contributed by atoms with van der Waals surface area (Å²) in [4.78, 5) is 12.6. The van der Waals surface area contributed by atoms with E-state index in [9.17, 15) is 18.0 Å². The Balaban J connectivity index is 2.25. The minimum Gasteiger partial charge on any atom is -0.492 e. The molecule has 1 aromatic heterocycles. The average Bonchev–Trinajstić information content (AvgIpc) is 3.06. The molecule has 30 heavy (non-hydrogen) atoms. The fourth-order valence-electron chi connectivity index (χ4n) is 2.87. The summed E-state index contributed by atoms with van der Waals surface area (Å²) < 4.78 is 45.8. The van der Waals surface area contributed by atoms with Crippen LogP contribution in [0.5, 0.6) is 5.75 Å². The third-order valence-corrected chi connectivity index (χ3v) is 4.47. The third-order valence-electron chi connectivity index (χ3n) is 4.15. The fraction of sp³-hybridized carbons (Fsp3) is 0.200. The van der Waals surface area contributed by atoms with Gasteiger partial charge in [-0.1, -0.05) is 35.9 Å². The number of rotatable bonds is 5. The zero-order valence-corrected chi connectivity index (χ0v) is 17.0. The van der Waals surface area contributed by atoms with Gasteiger partial charge in [-0.05, 0) is 24.3 Å². The molecule has 6 nitrogen and oxygen atoms in total. The molecular weight excluding hydrogens is 421 g/mol. The maximum Gasteiger partial charge on any atom is 0.416 e. The van der Waals surface area contributed by atoms with Crippen LogP contribution in [0.2, 0.25) is 5.02 Å². The van der Waals surface area contributed by atoms with Crippen LogP contribution >= 0.6 is 11.6 Å². The Morgan fingerprint density at radius 2 is 1.77 bits per heavy atom. The number of hydrogen-bond acceptors (Lipinski definition) is 4. The second-order valence-corrected chi connectivity index (χ2v) is 6.91. The van der Waals surface area contributed by atoms with E-state index in [1.54, 1.807) is 38.4 Å². The highest BCUT2D eigenvalue weighted by molar-refractivity contribution is 6.32. The van der Waals surface area contributed by atoms with Crippen LogP contribution in [0.25, 0.3) is 16.9 Å². The van der Waals surface area contributed by atoms with Crippen molar-refractivity contribution < 1.29 is 22.7 Å². The van der Waals surface area contributed by atoms with Crippen LogP contribution in [-0.2, 0) is 6.18 Å². The van der Waals surface area contributed by atoms with Gasteiger partial charge in [-0.25, -0.2) is 9.69 Å². The maximum absolute atomic E-state index is 13.0. The van der Waals surface area contributed by atoms with Crippen molar-refractivity contribution in [3.8, 4) is 22.7 Å². The molecule has 1 amide bonds. The molecule has 0 aliphatic rings. The van der Waals surface area contributed by atoms with Crippen LogP contribution in [0, 0.1) is 0 Å². The molecule has 0 unspecified atom stereocenters. The minimum absolute atomic E-state index is 0.0407. The zero-order valence-electron chi connectivity index (χ0n) is 16.3. The van der Waals surface area contributed by atoms with Crippen molar-refractivity contribution in [1.82, 2.24) is 20.2 Å². The standard InChI is InChI=1S/C20H18ClF3N4O2/c1-27(2)26-19(29)16-18(30-3)17(12-8-10-13(11-9-12)20(22,23)24)28(25-16)15-7-5-4-6-14(15)21/h4-11H,1-3H3,(H,26,29). The topological polar surface area (TPSA) is 59.4 Å². The van der Waals surface area contributed by atoms with Crippen LogP contribution in [0.15, 0.2) is 48.5 Å². The van der Waals surface area contributed by atoms with E-state index in [-0.39, 0.29) is 11.4 Å². The largest absolute Gasteiger partial charge is 0.492 e. The van der Waals surface area contributed by atoms with E-state index in [4.69, 9.17) is 16.3 Å². The molecule has 0 radical (unpaired) electrons. The first-order valence-corrected chi connectivity index (χ1v) is 9.09. The highest BCUT2D eigenvalue weighted by Crippen LogP contribution is 2.38. The van der Waals surface area contributed by atoms with Crippen molar-refractivity contribution in [2.45, 2.75) is 6.18 Å². The third kappa shape index (κ3) is 4.27. The highest BCUT2D eigenvalue weighted by Gasteiger charge is 2.31. The summed E-state index contributed by atoms with van der Waals surface area (Å²) in [6, 6.07) is 11.3. The van der Waals surface area contributed by atoms with Gasteiger partial charge in [0.15, 0.2) is 11.4 Å². The molecule has 0 bridgehead atoms. The minimum atomic E-state index is -4.47. The molecule has 3 rings (SSSR count). The summed E-state index contributed by atoms with van der Waals surface area (Å²) in [5.74, 6) is -0.440. The molecular formula is C20H18ClF3N4O2. The van der Waals surface area contributed by atoms with Gasteiger partial charge in [-0.3, -0.25) is 10.2 Å². The number of ether oxygens (including phenoxy) is 1. The van der Waals surface area contributed by atoms with Gasteiger partial charge in [-0.2, -0.15) is 18.3 Å². The number of benzene rings is 2. The van der Waals surface area contributed by atoms with Gasteiger partial charge in [0, 0.05) is 19.7 Å². The van der Waals surface area contributed by atoms with Gasteiger partial charge in [0.05, 0.1) is 23.4 Å². The Labute approximate surface area is 175 Å². The molecule has 1 heterocycles. The molecule has 2 aromatic carbocycles. The zero-order chi connectivity index (χ0) is 22.1. The number of carbonyl (C=O) groups is 1. The normalized spacial score (nSPS) is 11.6. The first kappa shape index (κ1) is 21.7. The number of para-hydroxylation sites is 1. The van der Waals surface area contributed by atoms with Gasteiger partial charge in [-0.15, -0.1) is 0 Å². The molecule has 0 spiro atoms. The lowest BCUT2D eigenvalue weighted by molar-refractivity contribution is -0.137. The second-order valence-electron chi connectivity index (χ2n) is 6.50. The lowest BCUT2D eigenvalue weighted by atomic mass is 10.1. The SMILES string of the molecule is COc1c(C(=O)NN(C)C)nn(-c2ccccc2Cl)c1-c1ccc(C(F)(F)F)cc1. The summed E-state index contributed by atoms with van der Waals surface area (Å²) in [5, 5.41) is 6.14. The molecule has 1 N–H and O–H groups in total. The lowest BCUT2D eigenvalue weighted by Crippen LogP contribution is -2.36. The number of hydrazine groups is 1. The van der Waals surface area contributed by atoms with Gasteiger partial charge >= 0.3 is 6.18 Å². The number of alkyl halides is 3. The molecule has 0 atom stereocenters. The summed E-state index contributed by atoms with van der Waals surface area (Å²) in [7, 11) is 4.62. The molecule has 0 fully saturated rings. The first-order chi connectivity index (χ1) is 14.1. The van der Waals surface area contributed by atoms with Gasteiger partial charge < -0.3 is 4.74 Å². The van der Waals surface area contributed by atoms with Crippen molar-refractivity contribution in [2.24, 2.45) is 0 Å². The van der Waals surface area contributed by atoms with E-state index in [0.29, 0.717) is 22.0 Å². The van der Waals surface area contributed by atoms with Crippen molar-refractivity contribution in [3.05, 3.63) is 64.8 Å². The predicted octanol–water partition coefficient (Wildman–Crippen LogP) is 4.43. The van der Waals surface area contributed by atoms with E-state index >= 15 is 0 Å². The average molecular weight is 439 g/mol. The Morgan fingerprint density at radius 3 is 2.30 bits per heavy atom. The predicted molar refractivity (Wildman–Crippen MR) is 107 cm³/mol. The molecule has 0 aliphatic heterocycles. The molecule has 3 aromatic rings. The maximum atomic E-state index is 13.0. The van der Waals surface area contributed by atoms with E-state index in [0.717, 1.165) is 12.1 Å². The summed E-state index contributed by atoms with van der Waals surface area (Å²) in [5.41, 5.74) is 2.85. The number of aromatic nitrogens is 2. The summed E-state index contributed by atoms with van der Waals surface area (Å²) >= 11 is 6.31. The summed E-state index contributed by atoms with van der Waals surface area (Å²) in [6.45, 7) is 0. The quantitative estimate of drug-likeness (QED) is 0.599. The number of nitrogens with one attached hydrogen (secondary N) is 1. The smallest absolute Gasteiger partial charge is 0.416 e. The monoisotopic (exact) mass is 438 g/mol. The number of amides is 1. The molecule has 0 aliphatic carbocycles. The van der Waals surface area contributed by atoms with Crippen molar-refractivity contribution in [2.75, 3.05) is 21.2 Å². The Hall–Kier alpha value is -3.04. The van der Waals surface area contributed by atoms with Crippen molar-refractivity contribution in [3.63, 3.8) is 0 Å². The Bertz CT molecular complexity index is 1060. The fourth-order valence-corrected chi connectivity index (χ4v) is 3.09. The highest BCUT2D eigenvalue weighted by atomic mass is 35.5. The van der Waals surface area contributed by atoms with E-state index < -0.39 is 17.6 Å². The van der Waals surface area contributed by atoms with Gasteiger partial charge in [0.1, 0.15) is 5.69 Å². The Morgan fingerprint density at radius 1 is 1.13 bits per heavy atom. The second kappa shape index (κ2) is 8.37. The number of methoxy groups -OCH3 is 1. The van der Waals surface area contributed by atoms with E-state index in [1.165, 1.54) is 28.9 Å². The van der Waals surface area contributed by atoms with Crippen molar-refractivity contribution in [1.29, 1.82) is 0 Å². The van der Waals surface area contributed by atoms with Gasteiger partial charge in [0.2, 0.25) is 0 Å². The number of hydrogen-bond donors (Lipinski definition) is 1. The number of carbonyl (C=O) groups excluding carboxylic acids is 1. The first-order valence-electron chi connectivity index (χ1n) is 8.71. The molecule has 10 heteroatoms. The number of halogens is 4. The van der Waals surface area contributed by atoms with Crippen LogP contribution < -0.4 is 10.2 Å². The van der Waals surface area contributed by atoms with Crippen LogP contribution in [-0.4, -0.2) is 41.9 Å². The van der Waals surface area contributed by atoms with Crippen LogP contribution in [0.4, 0.5) is 13.2 Å². The summed E-state index contributed by atoms with van der Waals surface area (Å²) in [6.07, 6.45) is -4.47. The van der Waals surface area contributed by atoms with Crippen LogP contribution in [0.1, 0.15) is 16.1 Å². The van der Waals surface area contributed by atoms with E-state index in [2.05, 4.69) is 10.5 Å². The molecule has 0 saturated carbocycles.